The van der Waals surface area contributed by atoms with E-state index in [0.29, 0.717) is 11.3 Å². The van der Waals surface area contributed by atoms with Crippen molar-refractivity contribution in [3.63, 3.8) is 0 Å². The molecule has 21 heavy (non-hydrogen) atoms. The molecule has 102 valence electrons. The number of aromatic nitrogens is 1. The summed E-state index contributed by atoms with van der Waals surface area (Å²) in [6.07, 6.45) is 2.44. The van der Waals surface area contributed by atoms with Crippen molar-refractivity contribution in [2.45, 2.75) is 13.3 Å². The summed E-state index contributed by atoms with van der Waals surface area (Å²) in [5.74, 6) is 1.36. The van der Waals surface area contributed by atoms with Crippen LogP contribution in [-0.2, 0) is 6.42 Å². The van der Waals surface area contributed by atoms with Crippen LogP contribution in [0.25, 0.3) is 10.9 Å². The van der Waals surface area contributed by atoms with Crippen LogP contribution in [0.4, 0.5) is 0 Å². The number of para-hydroxylation sites is 2. The Labute approximate surface area is 123 Å². The summed E-state index contributed by atoms with van der Waals surface area (Å²) < 4.78 is 6.07. The van der Waals surface area contributed by atoms with Crippen molar-refractivity contribution in [3.8, 4) is 17.6 Å². The minimum atomic E-state index is 0.444. The van der Waals surface area contributed by atoms with E-state index in [1.807, 2.05) is 48.5 Å². The first-order valence-electron chi connectivity index (χ1n) is 6.87. The van der Waals surface area contributed by atoms with Crippen LogP contribution in [0, 0.1) is 11.3 Å². The van der Waals surface area contributed by atoms with Gasteiger partial charge in [0, 0.05) is 11.6 Å². The van der Waals surface area contributed by atoms with Crippen LogP contribution in [-0.4, -0.2) is 4.98 Å². The number of benzene rings is 2. The molecule has 0 N–H and O–H groups in total. The highest BCUT2D eigenvalue weighted by atomic mass is 16.5. The van der Waals surface area contributed by atoms with Crippen LogP contribution in [0.3, 0.4) is 0 Å². The molecule has 3 aromatic rings. The fraction of sp³-hybridized carbons (Fsp3) is 0.111. The van der Waals surface area contributed by atoms with Crippen LogP contribution in [0.5, 0.6) is 11.5 Å². The van der Waals surface area contributed by atoms with Gasteiger partial charge in [-0.25, -0.2) is 0 Å². The van der Waals surface area contributed by atoms with Gasteiger partial charge in [0.25, 0.3) is 0 Å². The van der Waals surface area contributed by atoms with Gasteiger partial charge < -0.3 is 4.74 Å². The van der Waals surface area contributed by atoms with E-state index in [-0.39, 0.29) is 0 Å². The second kappa shape index (κ2) is 5.64. The van der Waals surface area contributed by atoms with Crippen molar-refractivity contribution in [2.24, 2.45) is 0 Å². The lowest BCUT2D eigenvalue weighted by Crippen LogP contribution is -1.95. The van der Waals surface area contributed by atoms with E-state index in [1.54, 1.807) is 6.20 Å². The van der Waals surface area contributed by atoms with Gasteiger partial charge in [0.05, 0.1) is 5.52 Å². The Morgan fingerprint density at radius 1 is 1.10 bits per heavy atom. The molecule has 0 aliphatic rings. The minimum Gasteiger partial charge on any atom is -0.455 e. The van der Waals surface area contributed by atoms with Gasteiger partial charge in [-0.3, -0.25) is 4.98 Å². The van der Waals surface area contributed by atoms with Gasteiger partial charge in [-0.15, -0.1) is 0 Å². The zero-order valence-corrected chi connectivity index (χ0v) is 11.7. The molecule has 2 aromatic carbocycles. The van der Waals surface area contributed by atoms with Crippen molar-refractivity contribution in [1.29, 1.82) is 5.26 Å². The third-order valence-electron chi connectivity index (χ3n) is 3.41. The fourth-order valence-electron chi connectivity index (χ4n) is 2.31. The number of hydrogen-bond donors (Lipinski definition) is 0. The van der Waals surface area contributed by atoms with Gasteiger partial charge in [0.15, 0.2) is 5.75 Å². The summed E-state index contributed by atoms with van der Waals surface area (Å²) in [7, 11) is 0. The van der Waals surface area contributed by atoms with E-state index in [0.717, 1.165) is 28.6 Å². The van der Waals surface area contributed by atoms with E-state index in [4.69, 9.17) is 4.74 Å². The molecule has 0 aliphatic carbocycles. The molecule has 1 heterocycles. The van der Waals surface area contributed by atoms with Crippen LogP contribution in [0.15, 0.2) is 54.7 Å². The summed E-state index contributed by atoms with van der Waals surface area (Å²) in [4.78, 5) is 4.29. The van der Waals surface area contributed by atoms with Crippen molar-refractivity contribution in [2.75, 3.05) is 0 Å². The quantitative estimate of drug-likeness (QED) is 0.708. The first kappa shape index (κ1) is 13.1. The molecule has 3 heteroatoms. The molecule has 1 aromatic heterocycles. The smallest absolute Gasteiger partial charge is 0.156 e. The van der Waals surface area contributed by atoms with Crippen molar-refractivity contribution >= 4 is 10.9 Å². The summed E-state index contributed by atoms with van der Waals surface area (Å²) >= 11 is 0. The molecule has 3 rings (SSSR count). The maximum absolute atomic E-state index is 9.31. The molecule has 0 amide bonds. The molecule has 0 radical (unpaired) electrons. The molecule has 0 spiro atoms. The zero-order valence-electron chi connectivity index (χ0n) is 11.7. The van der Waals surface area contributed by atoms with Crippen LogP contribution in [0.2, 0.25) is 0 Å². The zero-order chi connectivity index (χ0) is 14.7. The van der Waals surface area contributed by atoms with E-state index in [1.165, 1.54) is 0 Å². The number of aryl methyl sites for hydroxylation is 1. The van der Waals surface area contributed by atoms with E-state index < -0.39 is 0 Å². The Balaban J connectivity index is 2.17. The Kier molecular flexibility index (Phi) is 3.53. The molecule has 0 aliphatic heterocycles. The Morgan fingerprint density at radius 2 is 1.86 bits per heavy atom. The van der Waals surface area contributed by atoms with Crippen molar-refractivity contribution < 1.29 is 4.74 Å². The molecule has 0 unspecified atom stereocenters. The van der Waals surface area contributed by atoms with Gasteiger partial charge in [0.2, 0.25) is 0 Å². The summed E-state index contributed by atoms with van der Waals surface area (Å²) in [5, 5.41) is 10.2. The van der Waals surface area contributed by atoms with Gasteiger partial charge in [0.1, 0.15) is 17.4 Å². The molecular weight excluding hydrogens is 260 g/mol. The number of nitriles is 1. The van der Waals surface area contributed by atoms with E-state index >= 15 is 0 Å². The number of fused-ring (bicyclic) bond motifs is 1. The third-order valence-corrected chi connectivity index (χ3v) is 3.41. The Hall–Kier alpha value is -2.86. The first-order chi connectivity index (χ1) is 10.3. The second-order valence-corrected chi connectivity index (χ2v) is 4.69. The monoisotopic (exact) mass is 274 g/mol. The fourth-order valence-corrected chi connectivity index (χ4v) is 2.31. The predicted molar refractivity (Wildman–Crippen MR) is 82.4 cm³/mol. The summed E-state index contributed by atoms with van der Waals surface area (Å²) in [6.45, 7) is 2.08. The highest BCUT2D eigenvalue weighted by Crippen LogP contribution is 2.33. The highest BCUT2D eigenvalue weighted by Gasteiger charge is 2.12. The summed E-state index contributed by atoms with van der Waals surface area (Å²) in [5.41, 5.74) is 2.38. The molecule has 0 bridgehead atoms. The molecule has 0 fully saturated rings. The van der Waals surface area contributed by atoms with Crippen LogP contribution < -0.4 is 4.74 Å². The normalized spacial score (nSPS) is 10.3. The largest absolute Gasteiger partial charge is 0.455 e. The van der Waals surface area contributed by atoms with Crippen LogP contribution in [0.1, 0.15) is 18.1 Å². The summed E-state index contributed by atoms with van der Waals surface area (Å²) in [6, 6.07) is 17.7. The SMILES string of the molecule is CCc1ccccc1Oc1c(C#N)cnc2ccccc12. The number of nitrogens with zero attached hydrogens (tertiary/aromatic N) is 2. The molecular formula is C18H14N2O. The van der Waals surface area contributed by atoms with Crippen molar-refractivity contribution in [3.05, 3.63) is 65.9 Å². The number of rotatable bonds is 3. The van der Waals surface area contributed by atoms with Gasteiger partial charge in [-0.2, -0.15) is 5.26 Å². The van der Waals surface area contributed by atoms with Crippen molar-refractivity contribution in [1.82, 2.24) is 4.98 Å². The van der Waals surface area contributed by atoms with Crippen LogP contribution >= 0.6 is 0 Å². The Bertz CT molecular complexity index is 834. The minimum absolute atomic E-state index is 0.444. The van der Waals surface area contributed by atoms with E-state index in [2.05, 4.69) is 18.0 Å². The maximum atomic E-state index is 9.31. The lowest BCUT2D eigenvalue weighted by Gasteiger charge is -2.13. The first-order valence-corrected chi connectivity index (χ1v) is 6.87. The molecule has 0 atom stereocenters. The Morgan fingerprint density at radius 3 is 2.67 bits per heavy atom. The topological polar surface area (TPSA) is 45.9 Å². The maximum Gasteiger partial charge on any atom is 0.156 e. The number of pyridine rings is 1. The third kappa shape index (κ3) is 2.44. The molecule has 0 saturated heterocycles. The lowest BCUT2D eigenvalue weighted by atomic mass is 10.1. The number of hydrogen-bond acceptors (Lipinski definition) is 3. The molecule has 0 saturated carbocycles. The number of ether oxygens (including phenoxy) is 1. The highest BCUT2D eigenvalue weighted by molar-refractivity contribution is 5.87. The van der Waals surface area contributed by atoms with Gasteiger partial charge in [-0.05, 0) is 30.2 Å². The van der Waals surface area contributed by atoms with E-state index in [9.17, 15) is 5.26 Å². The average Bonchev–Trinajstić information content (AvgIpc) is 2.55. The van der Waals surface area contributed by atoms with Gasteiger partial charge >= 0.3 is 0 Å². The second-order valence-electron chi connectivity index (χ2n) is 4.69. The van der Waals surface area contributed by atoms with Gasteiger partial charge in [-0.1, -0.05) is 37.3 Å². The molecule has 3 nitrogen and oxygen atoms in total. The standard InChI is InChI=1S/C18H14N2O/c1-2-13-7-3-6-10-17(13)21-18-14(11-19)12-20-16-9-5-4-8-15(16)18/h3-10,12H,2H2,1H3. The average molecular weight is 274 g/mol. The predicted octanol–water partition coefficient (Wildman–Crippen LogP) is 4.46. The lowest BCUT2D eigenvalue weighted by molar-refractivity contribution is 0.480.